The number of benzene rings is 3. The number of hydrogen-bond acceptors (Lipinski definition) is 3. The number of hydrogen-bond donors (Lipinski definition) is 1. The van der Waals surface area contributed by atoms with E-state index in [9.17, 15) is 4.79 Å². The zero-order valence-electron chi connectivity index (χ0n) is 21.0. The number of aliphatic hydroxyl groups is 1. The smallest absolute Gasteiger partial charge is 0.155 e. The van der Waals surface area contributed by atoms with Crippen molar-refractivity contribution in [1.82, 2.24) is 4.98 Å². The summed E-state index contributed by atoms with van der Waals surface area (Å²) in [6.07, 6.45) is 1.17. The van der Waals surface area contributed by atoms with Crippen molar-refractivity contribution in [3.63, 3.8) is 0 Å². The number of rotatable bonds is 2. The van der Waals surface area contributed by atoms with Gasteiger partial charge in [-0.05, 0) is 59.3 Å². The summed E-state index contributed by atoms with van der Waals surface area (Å²) in [5, 5.41) is 9.55. The number of allylic oxidation sites excluding steroid dienone is 2. The van der Waals surface area contributed by atoms with Crippen molar-refractivity contribution in [2.75, 3.05) is 0 Å². The zero-order valence-corrected chi connectivity index (χ0v) is 23.4. The molecule has 1 radical (unpaired) electrons. The Kier molecular flexibility index (Phi) is 7.79. The molecule has 3 aromatic carbocycles. The number of aliphatic hydroxyl groups excluding tert-OH is 1. The Morgan fingerprint density at radius 1 is 0.943 bits per heavy atom. The van der Waals surface area contributed by atoms with Crippen LogP contribution in [0.3, 0.4) is 0 Å². The minimum atomic E-state index is -0.125. The first-order valence-corrected chi connectivity index (χ1v) is 11.5. The molecule has 181 valence electrons. The second-order valence-electron chi connectivity index (χ2n) is 9.57. The Labute approximate surface area is 221 Å². The van der Waals surface area contributed by atoms with Crippen LogP contribution in [0.25, 0.3) is 33.3 Å². The van der Waals surface area contributed by atoms with Gasteiger partial charge < -0.3 is 5.11 Å². The van der Waals surface area contributed by atoms with E-state index >= 15 is 0 Å². The van der Waals surface area contributed by atoms with Gasteiger partial charge in [-0.2, -0.15) is 0 Å². The maximum absolute atomic E-state index is 10.0. The standard InChI is InChI=1S/C26H22N.C5H8O2.Ir/c1-16-9-10-18(13-17(16)2)24-12-11-19-14-21-20-7-5-6-8-22(20)26(3,4)23(21)15-25(19)27-24;1-4(6)3-5(2)7;/h5-9,11-15H,1-4H3;3,6H,1-2H3;/q-1;;/b;4-3-;. The Bertz CT molecular complexity index is 1450. The van der Waals surface area contributed by atoms with Crippen LogP contribution in [0.2, 0.25) is 0 Å². The van der Waals surface area contributed by atoms with Crippen LogP contribution in [0.15, 0.2) is 72.5 Å². The molecule has 0 bridgehead atoms. The summed E-state index contributed by atoms with van der Waals surface area (Å²) in [6, 6.07) is 25.3. The molecule has 0 spiro atoms. The number of aryl methyl sites for hydroxylation is 2. The minimum Gasteiger partial charge on any atom is -0.512 e. The molecule has 0 atom stereocenters. The number of carbonyl (C=O) groups excluding carboxylic acids is 1. The minimum absolute atomic E-state index is 0. The predicted molar refractivity (Wildman–Crippen MR) is 140 cm³/mol. The van der Waals surface area contributed by atoms with Gasteiger partial charge in [0.15, 0.2) is 5.78 Å². The molecular weight excluding hydrogens is 611 g/mol. The third-order valence-corrected chi connectivity index (χ3v) is 6.51. The van der Waals surface area contributed by atoms with Crippen molar-refractivity contribution >= 4 is 16.7 Å². The number of pyridine rings is 1. The Balaban J connectivity index is 0.000000378. The largest absolute Gasteiger partial charge is 0.512 e. The summed E-state index contributed by atoms with van der Waals surface area (Å²) in [5.74, 6) is -0.0625. The van der Waals surface area contributed by atoms with E-state index in [-0.39, 0.29) is 37.1 Å². The molecule has 3 nitrogen and oxygen atoms in total. The topological polar surface area (TPSA) is 50.2 Å². The number of fused-ring (bicyclic) bond motifs is 4. The maximum atomic E-state index is 10.0. The van der Waals surface area contributed by atoms with Crippen LogP contribution in [0.4, 0.5) is 0 Å². The summed E-state index contributed by atoms with van der Waals surface area (Å²) in [6.45, 7) is 11.7. The van der Waals surface area contributed by atoms with Crippen molar-refractivity contribution in [2.45, 2.75) is 47.0 Å². The molecular formula is C31H30IrNO2-. The van der Waals surface area contributed by atoms with Gasteiger partial charge in [-0.3, -0.25) is 9.78 Å². The summed E-state index contributed by atoms with van der Waals surface area (Å²) in [4.78, 5) is 15.0. The van der Waals surface area contributed by atoms with Crippen molar-refractivity contribution in [3.8, 4) is 22.4 Å². The third kappa shape index (κ3) is 5.29. The third-order valence-electron chi connectivity index (χ3n) is 6.51. The van der Waals surface area contributed by atoms with E-state index in [0.29, 0.717) is 0 Å². The van der Waals surface area contributed by atoms with Crippen molar-refractivity contribution in [1.29, 1.82) is 0 Å². The normalized spacial score (nSPS) is 13.3. The molecule has 4 aromatic rings. The van der Waals surface area contributed by atoms with Crippen LogP contribution in [-0.4, -0.2) is 15.9 Å². The van der Waals surface area contributed by atoms with Gasteiger partial charge >= 0.3 is 0 Å². The second kappa shape index (κ2) is 10.3. The van der Waals surface area contributed by atoms with Crippen molar-refractivity contribution < 1.29 is 30.0 Å². The Morgan fingerprint density at radius 2 is 1.66 bits per heavy atom. The maximum Gasteiger partial charge on any atom is 0.155 e. The average molecular weight is 641 g/mol. The molecule has 1 heterocycles. The van der Waals surface area contributed by atoms with E-state index in [1.54, 1.807) is 0 Å². The summed E-state index contributed by atoms with van der Waals surface area (Å²) >= 11 is 0. The van der Waals surface area contributed by atoms with Gasteiger partial charge in [0.25, 0.3) is 0 Å². The van der Waals surface area contributed by atoms with Gasteiger partial charge in [0.1, 0.15) is 0 Å². The molecule has 0 saturated carbocycles. The fraction of sp³-hybridized carbons (Fsp3) is 0.226. The first-order chi connectivity index (χ1) is 16.1. The van der Waals surface area contributed by atoms with E-state index in [0.717, 1.165) is 16.8 Å². The summed E-state index contributed by atoms with van der Waals surface area (Å²) in [5.41, 5.74) is 11.1. The fourth-order valence-corrected chi connectivity index (χ4v) is 4.58. The second-order valence-corrected chi connectivity index (χ2v) is 9.57. The van der Waals surface area contributed by atoms with Crippen LogP contribution in [-0.2, 0) is 30.3 Å². The number of nitrogens with zero attached hydrogens (tertiary/aromatic N) is 1. The number of aromatic nitrogens is 1. The zero-order chi connectivity index (χ0) is 24.6. The molecule has 0 unspecified atom stereocenters. The van der Waals surface area contributed by atoms with E-state index in [4.69, 9.17) is 10.1 Å². The Morgan fingerprint density at radius 3 is 2.29 bits per heavy atom. The van der Waals surface area contributed by atoms with E-state index in [1.807, 2.05) is 0 Å². The summed E-state index contributed by atoms with van der Waals surface area (Å²) in [7, 11) is 0. The van der Waals surface area contributed by atoms with Gasteiger partial charge in [-0.1, -0.05) is 64.1 Å². The molecule has 1 N–H and O–H groups in total. The molecule has 35 heavy (non-hydrogen) atoms. The fourth-order valence-electron chi connectivity index (χ4n) is 4.58. The molecule has 1 aliphatic carbocycles. The molecule has 0 fully saturated rings. The van der Waals surface area contributed by atoms with Gasteiger partial charge in [-0.25, -0.2) is 0 Å². The molecule has 0 saturated heterocycles. The van der Waals surface area contributed by atoms with Crippen LogP contribution < -0.4 is 0 Å². The Hall–Kier alpha value is -3.07. The SMILES string of the molecule is CC(=O)/C=C(/C)O.Cc1c[c-]c(-c2ccc3cc4c(cc3n2)C(C)(C)c2ccccc2-4)cc1C.[Ir]. The molecule has 4 heteroatoms. The summed E-state index contributed by atoms with van der Waals surface area (Å²) < 4.78 is 0. The van der Waals surface area contributed by atoms with Gasteiger partial charge in [-0.15, -0.1) is 34.9 Å². The van der Waals surface area contributed by atoms with E-state index in [1.165, 1.54) is 58.7 Å². The van der Waals surface area contributed by atoms with E-state index < -0.39 is 0 Å². The van der Waals surface area contributed by atoms with Gasteiger partial charge in [0, 0.05) is 31.6 Å². The molecule has 0 amide bonds. The van der Waals surface area contributed by atoms with Crippen LogP contribution in [0.1, 0.15) is 49.9 Å². The molecule has 1 aliphatic rings. The molecule has 5 rings (SSSR count). The average Bonchev–Trinajstić information content (AvgIpc) is 3.00. The quantitative estimate of drug-likeness (QED) is 0.139. The van der Waals surface area contributed by atoms with E-state index in [2.05, 4.69) is 94.4 Å². The monoisotopic (exact) mass is 641 g/mol. The van der Waals surface area contributed by atoms with Crippen molar-refractivity contribution in [2.24, 2.45) is 0 Å². The first-order valence-electron chi connectivity index (χ1n) is 11.5. The van der Waals surface area contributed by atoms with Crippen LogP contribution >= 0.6 is 0 Å². The predicted octanol–water partition coefficient (Wildman–Crippen LogP) is 7.66. The van der Waals surface area contributed by atoms with Crippen molar-refractivity contribution in [3.05, 3.63) is 101 Å². The number of carbonyl (C=O) groups is 1. The molecule has 1 aromatic heterocycles. The van der Waals surface area contributed by atoms with Crippen LogP contribution in [0, 0.1) is 19.9 Å². The van der Waals surface area contributed by atoms with Gasteiger partial charge in [0.05, 0.1) is 11.3 Å². The van der Waals surface area contributed by atoms with Gasteiger partial charge in [0.2, 0.25) is 0 Å². The first kappa shape index (κ1) is 26.5. The molecule has 0 aliphatic heterocycles. The van der Waals surface area contributed by atoms with Crippen LogP contribution in [0.5, 0.6) is 0 Å². The number of ketones is 1.